The molecular formula is C55H64N10O4S. The lowest BCUT2D eigenvalue weighted by Gasteiger charge is -2.51. The number of hydrogen-bond acceptors (Lipinski definition) is 10. The quantitative estimate of drug-likeness (QED) is 0.156. The van der Waals surface area contributed by atoms with Crippen LogP contribution >= 0.6 is 0 Å². The van der Waals surface area contributed by atoms with Crippen molar-refractivity contribution in [2.75, 3.05) is 36.0 Å². The number of hydrogen-bond donors (Lipinski definition) is 1. The predicted molar refractivity (Wildman–Crippen MR) is 274 cm³/mol. The topological polar surface area (TPSA) is 154 Å². The Morgan fingerprint density at radius 1 is 0.571 bits per heavy atom. The Labute approximate surface area is 411 Å². The lowest BCUT2D eigenvalue weighted by Crippen LogP contribution is -2.59. The van der Waals surface area contributed by atoms with Gasteiger partial charge in [-0.05, 0) is 146 Å². The molecule has 2 spiro atoms. The van der Waals surface area contributed by atoms with Crippen LogP contribution in [0.3, 0.4) is 0 Å². The molecule has 14 nitrogen and oxygen atoms in total. The first-order chi connectivity index (χ1) is 33.7. The van der Waals surface area contributed by atoms with E-state index in [9.17, 15) is 18.0 Å². The van der Waals surface area contributed by atoms with Crippen molar-refractivity contribution in [3.05, 3.63) is 137 Å². The molecule has 4 fully saturated rings. The highest BCUT2D eigenvalue weighted by Gasteiger charge is 2.46. The van der Waals surface area contributed by atoms with E-state index in [0.717, 1.165) is 134 Å². The van der Waals surface area contributed by atoms with Crippen LogP contribution in [0.1, 0.15) is 104 Å². The van der Waals surface area contributed by atoms with E-state index in [1.807, 2.05) is 89.3 Å². The van der Waals surface area contributed by atoms with Crippen molar-refractivity contribution in [3.63, 3.8) is 0 Å². The molecule has 4 saturated heterocycles. The van der Waals surface area contributed by atoms with Gasteiger partial charge in [0.25, 0.3) is 10.0 Å². The second-order valence-corrected chi connectivity index (χ2v) is 21.9. The summed E-state index contributed by atoms with van der Waals surface area (Å²) in [5.74, 6) is 2.06. The SMILES string of the molecule is Cc1cc(C)nc(N2CCC3(CCCC(=O)N3Cc3cccc4[nH]ccc34)CC2)n1.Cc1ccc(S(=O)(=O)n2ccc3c(CN4C(=O)CCCC45CCN(c4nc(C)cc(C)n4)CC5)cccc32)cc1. The Morgan fingerprint density at radius 2 is 1.06 bits per heavy atom. The molecule has 3 aromatic carbocycles. The average molecular weight is 961 g/mol. The van der Waals surface area contributed by atoms with Gasteiger partial charge in [-0.1, -0.05) is 42.0 Å². The molecule has 15 heteroatoms. The van der Waals surface area contributed by atoms with Crippen molar-refractivity contribution in [3.8, 4) is 0 Å². The summed E-state index contributed by atoms with van der Waals surface area (Å²) in [6, 6.07) is 26.9. The first-order valence-electron chi connectivity index (χ1n) is 24.9. The first-order valence-corrected chi connectivity index (χ1v) is 26.4. The summed E-state index contributed by atoms with van der Waals surface area (Å²) in [5.41, 5.74) is 8.61. The Morgan fingerprint density at radius 3 is 1.57 bits per heavy atom. The van der Waals surface area contributed by atoms with Crippen LogP contribution in [-0.2, 0) is 32.7 Å². The molecular weight excluding hydrogens is 897 g/mol. The third kappa shape index (κ3) is 9.15. The van der Waals surface area contributed by atoms with Gasteiger partial charge in [0.05, 0.1) is 10.4 Å². The number of fused-ring (bicyclic) bond motifs is 2. The second-order valence-electron chi connectivity index (χ2n) is 20.1. The van der Waals surface area contributed by atoms with E-state index in [2.05, 4.69) is 68.8 Å². The van der Waals surface area contributed by atoms with Crippen molar-refractivity contribution < 1.29 is 18.0 Å². The largest absolute Gasteiger partial charge is 0.361 e. The van der Waals surface area contributed by atoms with Gasteiger partial charge < -0.3 is 24.6 Å². The van der Waals surface area contributed by atoms with E-state index in [1.54, 1.807) is 18.3 Å². The van der Waals surface area contributed by atoms with Gasteiger partial charge in [0.2, 0.25) is 23.7 Å². The van der Waals surface area contributed by atoms with E-state index in [4.69, 9.17) is 0 Å². The van der Waals surface area contributed by atoms with E-state index in [0.29, 0.717) is 37.4 Å². The fourth-order valence-corrected chi connectivity index (χ4v) is 13.1. The van der Waals surface area contributed by atoms with Crippen LogP contribution < -0.4 is 9.80 Å². The van der Waals surface area contributed by atoms with Crippen molar-refractivity contribution in [1.29, 1.82) is 0 Å². The molecule has 70 heavy (non-hydrogen) atoms. The van der Waals surface area contributed by atoms with Gasteiger partial charge in [-0.15, -0.1) is 0 Å². The van der Waals surface area contributed by atoms with Gasteiger partial charge in [-0.3, -0.25) is 9.59 Å². The summed E-state index contributed by atoms with van der Waals surface area (Å²) in [6.07, 6.45) is 12.4. The minimum Gasteiger partial charge on any atom is -0.361 e. The van der Waals surface area contributed by atoms with Crippen molar-refractivity contribution in [2.45, 2.75) is 128 Å². The van der Waals surface area contributed by atoms with Gasteiger partial charge in [0.1, 0.15) is 0 Å². The van der Waals surface area contributed by atoms with Crippen LogP contribution in [0.2, 0.25) is 0 Å². The minimum atomic E-state index is -3.75. The maximum absolute atomic E-state index is 13.5. The number of anilines is 2. The fourth-order valence-electron chi connectivity index (χ4n) is 11.7. The first kappa shape index (κ1) is 47.1. The fraction of sp³-hybridized carbons (Fsp3) is 0.418. The number of aryl methyl sites for hydroxylation is 5. The summed E-state index contributed by atoms with van der Waals surface area (Å²) in [7, 11) is -3.75. The zero-order chi connectivity index (χ0) is 48.8. The zero-order valence-electron chi connectivity index (χ0n) is 41.1. The molecule has 4 aromatic heterocycles. The Kier molecular flexibility index (Phi) is 12.7. The van der Waals surface area contributed by atoms with Gasteiger partial charge in [-0.2, -0.15) is 0 Å². The van der Waals surface area contributed by atoms with Crippen LogP contribution in [0.5, 0.6) is 0 Å². The van der Waals surface area contributed by atoms with E-state index >= 15 is 0 Å². The summed E-state index contributed by atoms with van der Waals surface area (Å²) < 4.78 is 28.3. The molecule has 0 aliphatic carbocycles. The monoisotopic (exact) mass is 960 g/mol. The molecule has 0 unspecified atom stereocenters. The van der Waals surface area contributed by atoms with E-state index in [-0.39, 0.29) is 21.9 Å². The van der Waals surface area contributed by atoms with Gasteiger partial charge in [0.15, 0.2) is 0 Å². The average Bonchev–Trinajstić information content (AvgIpc) is 4.01. The number of aromatic nitrogens is 6. The Balaban J connectivity index is 0.000000169. The molecule has 2 amide bonds. The normalized spacial score (nSPS) is 18.2. The van der Waals surface area contributed by atoms with Gasteiger partial charge >= 0.3 is 0 Å². The Hall–Kier alpha value is -6.61. The summed E-state index contributed by atoms with van der Waals surface area (Å²) >= 11 is 0. The highest BCUT2D eigenvalue weighted by Crippen LogP contribution is 2.42. The number of carbonyl (C=O) groups excluding carboxylic acids is 2. The van der Waals surface area contributed by atoms with Crippen LogP contribution in [0, 0.1) is 34.6 Å². The minimum absolute atomic E-state index is 0.0524. The Bertz CT molecular complexity index is 3140. The molecule has 0 atom stereocenters. The number of rotatable bonds is 8. The third-order valence-electron chi connectivity index (χ3n) is 15.4. The highest BCUT2D eigenvalue weighted by molar-refractivity contribution is 7.90. The maximum atomic E-state index is 13.5. The molecule has 364 valence electrons. The molecule has 0 saturated carbocycles. The molecule has 0 bridgehead atoms. The number of H-pyrrole nitrogens is 1. The standard InChI is InChI=1S/C31H35N5O3S.C24H29N5O/c1-22-9-11-26(12-10-22)40(38,39)36-17-13-27-25(6-4-7-28(27)36)21-35-29(37)8-5-14-31(35)15-18-34(19-16-31)30-32-23(2)20-24(3)33-30;1-17-15-18(2)27-23(26-17)28-13-10-24(11-14-28)9-4-7-22(30)29(24)16-19-5-3-6-21-20(19)8-12-25-21/h4,6-7,9-13,17,20H,5,8,14-16,18-19,21H2,1-3H3;3,5-6,8,12,15,25H,4,7,9-11,13-14,16H2,1-2H3. The second kappa shape index (κ2) is 19.0. The van der Waals surface area contributed by atoms with Crippen LogP contribution in [0.15, 0.2) is 102 Å². The van der Waals surface area contributed by atoms with Gasteiger partial charge in [0, 0.05) is 115 Å². The number of nitrogens with one attached hydrogen (secondary N) is 1. The number of likely N-dealkylation sites (tertiary alicyclic amines) is 2. The summed E-state index contributed by atoms with van der Waals surface area (Å²) in [4.78, 5) is 57.4. The number of aromatic amines is 1. The number of nitrogens with zero attached hydrogens (tertiary/aromatic N) is 9. The lowest BCUT2D eigenvalue weighted by molar-refractivity contribution is -0.145. The maximum Gasteiger partial charge on any atom is 0.268 e. The van der Waals surface area contributed by atoms with E-state index in [1.165, 1.54) is 14.9 Å². The molecule has 4 aliphatic heterocycles. The van der Waals surface area contributed by atoms with Crippen molar-refractivity contribution >= 4 is 55.5 Å². The van der Waals surface area contributed by atoms with Crippen molar-refractivity contribution in [2.24, 2.45) is 0 Å². The van der Waals surface area contributed by atoms with E-state index < -0.39 is 10.0 Å². The van der Waals surface area contributed by atoms with Crippen LogP contribution in [0.4, 0.5) is 11.9 Å². The van der Waals surface area contributed by atoms with Crippen molar-refractivity contribution in [1.82, 2.24) is 38.7 Å². The molecule has 8 heterocycles. The highest BCUT2D eigenvalue weighted by atomic mass is 32.2. The number of carbonyl (C=O) groups is 2. The molecule has 7 aromatic rings. The lowest BCUT2D eigenvalue weighted by atomic mass is 9.78. The molecule has 1 N–H and O–H groups in total. The van der Waals surface area contributed by atoms with Crippen LogP contribution in [-0.4, -0.2) is 96.2 Å². The smallest absolute Gasteiger partial charge is 0.268 e. The summed E-state index contributed by atoms with van der Waals surface area (Å²) in [5, 5.41) is 2.07. The number of piperidine rings is 4. The number of amides is 2. The van der Waals surface area contributed by atoms with Gasteiger partial charge in [-0.25, -0.2) is 32.3 Å². The molecule has 4 aliphatic rings. The molecule has 11 rings (SSSR count). The zero-order valence-corrected chi connectivity index (χ0v) is 41.9. The van der Waals surface area contributed by atoms with Crippen LogP contribution in [0.25, 0.3) is 21.8 Å². The number of benzene rings is 3. The third-order valence-corrected chi connectivity index (χ3v) is 17.1. The summed E-state index contributed by atoms with van der Waals surface area (Å²) in [6.45, 7) is 14.5. The molecule has 0 radical (unpaired) electrons. The predicted octanol–water partition coefficient (Wildman–Crippen LogP) is 9.27.